The highest BCUT2D eigenvalue weighted by molar-refractivity contribution is 5.61. The summed E-state index contributed by atoms with van der Waals surface area (Å²) in [5.41, 5.74) is 6.35. The van der Waals surface area contributed by atoms with Crippen LogP contribution in [0.5, 0.6) is 5.75 Å². The second-order valence-electron chi connectivity index (χ2n) is 2.85. The van der Waals surface area contributed by atoms with E-state index in [1.807, 2.05) is 24.3 Å². The lowest BCUT2D eigenvalue weighted by Gasteiger charge is -2.00. The maximum absolute atomic E-state index is 5.45. The van der Waals surface area contributed by atoms with Gasteiger partial charge in [-0.15, -0.1) is 0 Å². The van der Waals surface area contributed by atoms with Crippen molar-refractivity contribution in [2.45, 2.75) is 0 Å². The molecule has 14 heavy (non-hydrogen) atoms. The quantitative estimate of drug-likeness (QED) is 0.786. The zero-order chi connectivity index (χ0) is 9.97. The summed E-state index contributed by atoms with van der Waals surface area (Å²) in [4.78, 5) is 0. The van der Waals surface area contributed by atoms with Crippen LogP contribution in [0, 0.1) is 0 Å². The number of methoxy groups -OCH3 is 1. The van der Waals surface area contributed by atoms with E-state index in [-0.39, 0.29) is 0 Å². The molecule has 2 N–H and O–H groups in total. The van der Waals surface area contributed by atoms with Gasteiger partial charge in [0.1, 0.15) is 5.75 Å². The molecule has 72 valence electrons. The molecule has 4 nitrogen and oxygen atoms in total. The number of anilines is 1. The van der Waals surface area contributed by atoms with E-state index in [0.29, 0.717) is 11.6 Å². The van der Waals surface area contributed by atoms with Crippen molar-refractivity contribution in [2.75, 3.05) is 12.8 Å². The van der Waals surface area contributed by atoms with Gasteiger partial charge in [-0.3, -0.25) is 0 Å². The number of aromatic nitrogens is 1. The number of ether oxygens (including phenoxy) is 1. The first-order valence-corrected chi connectivity index (χ1v) is 4.16. The molecule has 0 unspecified atom stereocenters. The van der Waals surface area contributed by atoms with Gasteiger partial charge < -0.3 is 15.0 Å². The molecule has 1 heterocycles. The molecule has 4 heteroatoms. The molecule has 0 aliphatic rings. The van der Waals surface area contributed by atoms with Crippen LogP contribution in [-0.2, 0) is 0 Å². The van der Waals surface area contributed by atoms with E-state index in [1.165, 1.54) is 0 Å². The topological polar surface area (TPSA) is 61.3 Å². The minimum Gasteiger partial charge on any atom is -0.497 e. The molecule has 0 atom stereocenters. The smallest absolute Gasteiger partial charge is 0.169 e. The monoisotopic (exact) mass is 190 g/mol. The van der Waals surface area contributed by atoms with Crippen molar-refractivity contribution in [3.63, 3.8) is 0 Å². The summed E-state index contributed by atoms with van der Waals surface area (Å²) < 4.78 is 10.1. The fraction of sp³-hybridized carbons (Fsp3) is 0.100. The van der Waals surface area contributed by atoms with Crippen LogP contribution >= 0.6 is 0 Å². The minimum absolute atomic E-state index is 0.378. The summed E-state index contributed by atoms with van der Waals surface area (Å²) in [6, 6.07) is 9.19. The van der Waals surface area contributed by atoms with Gasteiger partial charge in [-0.25, -0.2) is 0 Å². The van der Waals surface area contributed by atoms with Crippen molar-refractivity contribution in [3.05, 3.63) is 30.3 Å². The van der Waals surface area contributed by atoms with E-state index < -0.39 is 0 Å². The van der Waals surface area contributed by atoms with Gasteiger partial charge in [0.2, 0.25) is 0 Å². The number of hydrogen-bond donors (Lipinski definition) is 1. The highest BCUT2D eigenvalue weighted by Crippen LogP contribution is 2.24. The van der Waals surface area contributed by atoms with Crippen molar-refractivity contribution in [1.82, 2.24) is 5.16 Å². The zero-order valence-corrected chi connectivity index (χ0v) is 7.73. The van der Waals surface area contributed by atoms with E-state index in [4.69, 9.17) is 15.0 Å². The van der Waals surface area contributed by atoms with E-state index in [2.05, 4.69) is 5.16 Å². The fourth-order valence-corrected chi connectivity index (χ4v) is 1.20. The molecule has 0 fully saturated rings. The molecule has 0 radical (unpaired) electrons. The molecule has 2 aromatic rings. The molecular weight excluding hydrogens is 180 g/mol. The average Bonchev–Trinajstić information content (AvgIpc) is 2.65. The third kappa shape index (κ3) is 1.54. The van der Waals surface area contributed by atoms with Crippen molar-refractivity contribution in [2.24, 2.45) is 0 Å². The molecule has 0 spiro atoms. The Morgan fingerprint density at radius 2 is 2.21 bits per heavy atom. The largest absolute Gasteiger partial charge is 0.497 e. The molecule has 0 amide bonds. The zero-order valence-electron chi connectivity index (χ0n) is 7.73. The molecule has 0 bridgehead atoms. The van der Waals surface area contributed by atoms with Crippen LogP contribution in [0.2, 0.25) is 0 Å². The molecule has 0 aliphatic heterocycles. The Morgan fingerprint density at radius 1 is 1.36 bits per heavy atom. The number of nitrogens with zero attached hydrogens (tertiary/aromatic N) is 1. The van der Waals surface area contributed by atoms with Gasteiger partial charge in [-0.2, -0.15) is 0 Å². The van der Waals surface area contributed by atoms with Crippen LogP contribution in [0.4, 0.5) is 5.82 Å². The number of hydrogen-bond acceptors (Lipinski definition) is 4. The van der Waals surface area contributed by atoms with Gasteiger partial charge in [0.15, 0.2) is 11.6 Å². The summed E-state index contributed by atoms with van der Waals surface area (Å²) in [5.74, 6) is 1.79. The lowest BCUT2D eigenvalue weighted by molar-refractivity contribution is 0.413. The lowest BCUT2D eigenvalue weighted by atomic mass is 10.1. The van der Waals surface area contributed by atoms with Crippen LogP contribution in [0.3, 0.4) is 0 Å². The Labute approximate surface area is 81.3 Å². The summed E-state index contributed by atoms with van der Waals surface area (Å²) in [6.45, 7) is 0. The third-order valence-electron chi connectivity index (χ3n) is 1.88. The average molecular weight is 190 g/mol. The first kappa shape index (κ1) is 8.62. The first-order valence-electron chi connectivity index (χ1n) is 4.16. The fourth-order valence-electron chi connectivity index (χ4n) is 1.20. The number of benzene rings is 1. The van der Waals surface area contributed by atoms with E-state index in [0.717, 1.165) is 11.3 Å². The van der Waals surface area contributed by atoms with E-state index >= 15 is 0 Å². The van der Waals surface area contributed by atoms with Gasteiger partial charge in [-0.1, -0.05) is 17.3 Å². The van der Waals surface area contributed by atoms with Crippen molar-refractivity contribution in [3.8, 4) is 17.1 Å². The maximum atomic E-state index is 5.45. The molecule has 0 saturated carbocycles. The van der Waals surface area contributed by atoms with Crippen LogP contribution in [0.25, 0.3) is 11.3 Å². The predicted octanol–water partition coefficient (Wildman–Crippen LogP) is 1.93. The Kier molecular flexibility index (Phi) is 2.10. The summed E-state index contributed by atoms with van der Waals surface area (Å²) in [7, 11) is 1.62. The van der Waals surface area contributed by atoms with Gasteiger partial charge in [0.25, 0.3) is 0 Å². The van der Waals surface area contributed by atoms with Gasteiger partial charge in [-0.05, 0) is 12.1 Å². The summed E-state index contributed by atoms with van der Waals surface area (Å²) >= 11 is 0. The van der Waals surface area contributed by atoms with Gasteiger partial charge in [0, 0.05) is 11.6 Å². The van der Waals surface area contributed by atoms with Crippen molar-refractivity contribution >= 4 is 5.82 Å². The van der Waals surface area contributed by atoms with Crippen LogP contribution < -0.4 is 10.5 Å². The second kappa shape index (κ2) is 3.41. The highest BCUT2D eigenvalue weighted by Gasteiger charge is 2.04. The third-order valence-corrected chi connectivity index (χ3v) is 1.88. The van der Waals surface area contributed by atoms with Crippen molar-refractivity contribution < 1.29 is 9.26 Å². The summed E-state index contributed by atoms with van der Waals surface area (Å²) in [5, 5.41) is 3.61. The van der Waals surface area contributed by atoms with Gasteiger partial charge >= 0.3 is 0 Å². The normalized spacial score (nSPS) is 10.1. The number of rotatable bonds is 2. The molecule has 0 saturated heterocycles. The number of nitrogen functional groups attached to an aromatic ring is 1. The van der Waals surface area contributed by atoms with E-state index in [1.54, 1.807) is 13.2 Å². The molecule has 2 rings (SSSR count). The van der Waals surface area contributed by atoms with E-state index in [9.17, 15) is 0 Å². The minimum atomic E-state index is 0.378. The van der Waals surface area contributed by atoms with Crippen molar-refractivity contribution in [1.29, 1.82) is 0 Å². The highest BCUT2D eigenvalue weighted by atomic mass is 16.5. The second-order valence-corrected chi connectivity index (χ2v) is 2.85. The SMILES string of the molecule is COc1cccc(-c2cc(N)no2)c1. The van der Waals surface area contributed by atoms with Gasteiger partial charge in [0.05, 0.1) is 7.11 Å². The summed E-state index contributed by atoms with van der Waals surface area (Å²) in [6.07, 6.45) is 0. The Balaban J connectivity index is 2.41. The number of nitrogens with two attached hydrogens (primary N) is 1. The van der Waals surface area contributed by atoms with Crippen LogP contribution in [0.1, 0.15) is 0 Å². The predicted molar refractivity (Wildman–Crippen MR) is 52.9 cm³/mol. The lowest BCUT2D eigenvalue weighted by Crippen LogP contribution is -1.82. The maximum Gasteiger partial charge on any atom is 0.169 e. The standard InChI is InChI=1S/C10H10N2O2/c1-13-8-4-2-3-7(5-8)9-6-10(11)12-14-9/h2-6H,1H3,(H2,11,12). The molecule has 1 aromatic carbocycles. The molecule has 1 aromatic heterocycles. The van der Waals surface area contributed by atoms with Crippen LogP contribution in [0.15, 0.2) is 34.9 Å². The first-order chi connectivity index (χ1) is 6.79. The Hall–Kier alpha value is -1.97. The molecule has 0 aliphatic carbocycles. The Morgan fingerprint density at radius 3 is 2.86 bits per heavy atom. The molecular formula is C10H10N2O2. The Bertz CT molecular complexity index is 437. The van der Waals surface area contributed by atoms with Crippen LogP contribution in [-0.4, -0.2) is 12.3 Å².